The van der Waals surface area contributed by atoms with Gasteiger partial charge in [-0.2, -0.15) is 0 Å². The van der Waals surface area contributed by atoms with Crippen molar-refractivity contribution in [1.82, 2.24) is 10.2 Å². The van der Waals surface area contributed by atoms with Gasteiger partial charge in [-0.15, -0.1) is 0 Å². The normalized spacial score (nSPS) is 21.0. The molecule has 0 bridgehead atoms. The molecule has 0 saturated carbocycles. The molecular formula is C16H19N3O5. The highest BCUT2D eigenvalue weighted by Gasteiger charge is 2.40. The molecule has 1 N–H and O–H groups in total. The highest BCUT2D eigenvalue weighted by Crippen LogP contribution is 2.23. The van der Waals surface area contributed by atoms with E-state index in [1.54, 1.807) is 29.2 Å². The molecule has 1 aromatic rings. The Morgan fingerprint density at radius 3 is 2.54 bits per heavy atom. The monoisotopic (exact) mass is 333 g/mol. The highest BCUT2D eigenvalue weighted by molar-refractivity contribution is 6.22. The smallest absolute Gasteiger partial charge is 0.329 e. The molecule has 8 nitrogen and oxygen atoms in total. The van der Waals surface area contributed by atoms with Crippen LogP contribution >= 0.6 is 0 Å². The topological polar surface area (TPSA) is 88.2 Å². The van der Waals surface area contributed by atoms with Crippen LogP contribution < -0.4 is 15.0 Å². The van der Waals surface area contributed by atoms with Gasteiger partial charge in [0.05, 0.1) is 32.4 Å². The maximum Gasteiger partial charge on any atom is 0.329 e. The van der Waals surface area contributed by atoms with Crippen molar-refractivity contribution in [3.05, 3.63) is 24.3 Å². The third kappa shape index (κ3) is 3.18. The third-order valence-electron chi connectivity index (χ3n) is 4.09. The summed E-state index contributed by atoms with van der Waals surface area (Å²) in [6, 6.07) is 5.23. The van der Waals surface area contributed by atoms with Gasteiger partial charge in [-0.1, -0.05) is 0 Å². The molecule has 4 amide bonds. The molecule has 2 aliphatic heterocycles. The predicted molar refractivity (Wildman–Crippen MR) is 84.8 cm³/mol. The molecule has 3 rings (SSSR count). The first-order valence-corrected chi connectivity index (χ1v) is 7.74. The first-order chi connectivity index (χ1) is 11.6. The van der Waals surface area contributed by atoms with E-state index in [1.807, 2.05) is 0 Å². The van der Waals surface area contributed by atoms with Crippen LogP contribution in [0.25, 0.3) is 0 Å². The summed E-state index contributed by atoms with van der Waals surface area (Å²) < 4.78 is 10.3. The number of imide groups is 1. The van der Waals surface area contributed by atoms with Gasteiger partial charge in [0.25, 0.3) is 5.91 Å². The average Bonchev–Trinajstić information content (AvgIpc) is 2.89. The van der Waals surface area contributed by atoms with Crippen molar-refractivity contribution in [2.45, 2.75) is 12.5 Å². The number of nitrogens with zero attached hydrogens (tertiary/aromatic N) is 2. The first-order valence-electron chi connectivity index (χ1n) is 7.74. The molecule has 2 aliphatic rings. The molecule has 128 valence electrons. The van der Waals surface area contributed by atoms with Gasteiger partial charge in [-0.3, -0.25) is 9.59 Å². The number of anilines is 1. The van der Waals surface area contributed by atoms with Crippen LogP contribution in [0.1, 0.15) is 6.42 Å². The summed E-state index contributed by atoms with van der Waals surface area (Å²) in [5, 5.41) is 2.58. The number of methoxy groups -OCH3 is 1. The number of hydrogen-bond donors (Lipinski definition) is 1. The van der Waals surface area contributed by atoms with Crippen molar-refractivity contribution in [2.75, 3.05) is 38.3 Å². The fourth-order valence-electron chi connectivity index (χ4n) is 2.76. The zero-order valence-electron chi connectivity index (χ0n) is 13.4. The molecule has 1 aromatic carbocycles. The van der Waals surface area contributed by atoms with Crippen molar-refractivity contribution in [1.29, 1.82) is 0 Å². The Balaban J connectivity index is 1.67. The van der Waals surface area contributed by atoms with E-state index in [0.717, 1.165) is 4.90 Å². The predicted octanol–water partition coefficient (Wildman–Crippen LogP) is 0.369. The standard InChI is InChI=1S/C16H19N3O5/c1-23-12-4-2-11(3-5-12)19-15(21)13(17-16(19)22)10-14(20)18-6-8-24-9-7-18/h2-5,13H,6-10H2,1H3,(H,17,22)/t13-/m1/s1. The van der Waals surface area contributed by atoms with Crippen molar-refractivity contribution in [3.8, 4) is 5.75 Å². The summed E-state index contributed by atoms with van der Waals surface area (Å²) in [5.74, 6) is 0.0464. The Kier molecular flexibility index (Phi) is 4.66. The maximum absolute atomic E-state index is 12.5. The van der Waals surface area contributed by atoms with Crippen LogP contribution in [0.3, 0.4) is 0 Å². The van der Waals surface area contributed by atoms with Crippen LogP contribution in [0.4, 0.5) is 10.5 Å². The van der Waals surface area contributed by atoms with Crippen LogP contribution in [0.5, 0.6) is 5.75 Å². The second kappa shape index (κ2) is 6.88. The minimum absolute atomic E-state index is 0.0444. The molecule has 1 atom stereocenters. The number of amides is 4. The van der Waals surface area contributed by atoms with Crippen molar-refractivity contribution >= 4 is 23.5 Å². The Morgan fingerprint density at radius 1 is 1.25 bits per heavy atom. The summed E-state index contributed by atoms with van der Waals surface area (Å²) in [6.07, 6.45) is -0.0444. The van der Waals surface area contributed by atoms with Crippen LogP contribution in [0.15, 0.2) is 24.3 Å². The van der Waals surface area contributed by atoms with Crippen LogP contribution in [-0.4, -0.2) is 62.2 Å². The molecule has 0 radical (unpaired) electrons. The van der Waals surface area contributed by atoms with Gasteiger partial charge in [0.15, 0.2) is 0 Å². The maximum atomic E-state index is 12.5. The van der Waals surface area contributed by atoms with Crippen LogP contribution in [0.2, 0.25) is 0 Å². The number of carbonyl (C=O) groups excluding carboxylic acids is 3. The van der Waals surface area contributed by atoms with E-state index < -0.39 is 18.0 Å². The van der Waals surface area contributed by atoms with E-state index in [9.17, 15) is 14.4 Å². The average molecular weight is 333 g/mol. The number of hydrogen-bond acceptors (Lipinski definition) is 5. The zero-order valence-corrected chi connectivity index (χ0v) is 13.4. The fourth-order valence-corrected chi connectivity index (χ4v) is 2.76. The third-order valence-corrected chi connectivity index (χ3v) is 4.09. The molecular weight excluding hydrogens is 314 g/mol. The molecule has 2 saturated heterocycles. The number of ether oxygens (including phenoxy) is 2. The Hall–Kier alpha value is -2.61. The molecule has 0 spiro atoms. The van der Waals surface area contributed by atoms with E-state index in [2.05, 4.69) is 5.32 Å². The van der Waals surface area contributed by atoms with Gasteiger partial charge in [-0.25, -0.2) is 9.69 Å². The SMILES string of the molecule is COc1ccc(N2C(=O)N[C@H](CC(=O)N3CCOCC3)C2=O)cc1. The molecule has 0 unspecified atom stereocenters. The summed E-state index contributed by atoms with van der Waals surface area (Å²) >= 11 is 0. The number of rotatable bonds is 4. The quantitative estimate of drug-likeness (QED) is 0.804. The zero-order chi connectivity index (χ0) is 17.1. The molecule has 24 heavy (non-hydrogen) atoms. The minimum atomic E-state index is -0.838. The summed E-state index contributed by atoms with van der Waals surface area (Å²) in [5.41, 5.74) is 0.444. The van der Waals surface area contributed by atoms with Gasteiger partial charge in [0.2, 0.25) is 5.91 Å². The first kappa shape index (κ1) is 16.3. The van der Waals surface area contributed by atoms with E-state index in [4.69, 9.17) is 9.47 Å². The minimum Gasteiger partial charge on any atom is -0.497 e. The second-order valence-corrected chi connectivity index (χ2v) is 5.57. The van der Waals surface area contributed by atoms with Crippen molar-refractivity contribution in [3.63, 3.8) is 0 Å². The molecule has 2 heterocycles. The summed E-state index contributed by atoms with van der Waals surface area (Å²) in [7, 11) is 1.54. The number of benzene rings is 1. The molecule has 0 aromatic heterocycles. The lowest BCUT2D eigenvalue weighted by Gasteiger charge is -2.27. The van der Waals surface area contributed by atoms with Gasteiger partial charge >= 0.3 is 6.03 Å². The lowest BCUT2D eigenvalue weighted by Crippen LogP contribution is -2.44. The summed E-state index contributed by atoms with van der Waals surface area (Å²) in [4.78, 5) is 39.6. The van der Waals surface area contributed by atoms with E-state index >= 15 is 0 Å². The molecule has 2 fully saturated rings. The molecule has 0 aliphatic carbocycles. The van der Waals surface area contributed by atoms with Gasteiger partial charge in [0, 0.05) is 13.1 Å². The van der Waals surface area contributed by atoms with Crippen molar-refractivity contribution < 1.29 is 23.9 Å². The lowest BCUT2D eigenvalue weighted by atomic mass is 10.1. The fraction of sp³-hybridized carbons (Fsp3) is 0.438. The van der Waals surface area contributed by atoms with Gasteiger partial charge < -0.3 is 19.7 Å². The van der Waals surface area contributed by atoms with E-state index in [-0.39, 0.29) is 12.3 Å². The number of nitrogens with one attached hydrogen (secondary N) is 1. The number of carbonyl (C=O) groups is 3. The number of morpholine rings is 1. The van der Waals surface area contributed by atoms with Gasteiger partial charge in [-0.05, 0) is 24.3 Å². The van der Waals surface area contributed by atoms with Gasteiger partial charge in [0.1, 0.15) is 11.8 Å². The van der Waals surface area contributed by atoms with Crippen molar-refractivity contribution in [2.24, 2.45) is 0 Å². The second-order valence-electron chi connectivity index (χ2n) is 5.57. The van der Waals surface area contributed by atoms with E-state index in [0.29, 0.717) is 37.7 Å². The van der Waals surface area contributed by atoms with Crippen LogP contribution in [0, 0.1) is 0 Å². The van der Waals surface area contributed by atoms with E-state index in [1.165, 1.54) is 7.11 Å². The Morgan fingerprint density at radius 2 is 1.92 bits per heavy atom. The summed E-state index contributed by atoms with van der Waals surface area (Å²) in [6.45, 7) is 2.01. The Labute approximate surface area is 139 Å². The largest absolute Gasteiger partial charge is 0.497 e. The highest BCUT2D eigenvalue weighted by atomic mass is 16.5. The lowest BCUT2D eigenvalue weighted by molar-refractivity contribution is -0.137. The van der Waals surface area contributed by atoms with Crippen LogP contribution in [-0.2, 0) is 14.3 Å². The Bertz CT molecular complexity index is 640. The molecule has 8 heteroatoms. The number of urea groups is 1.